The number of carbonyl (C=O) groups excluding carboxylic acids is 1. The van der Waals surface area contributed by atoms with Gasteiger partial charge in [0.2, 0.25) is 15.9 Å². The molecule has 0 unspecified atom stereocenters. The lowest BCUT2D eigenvalue weighted by atomic mass is 10.0. The van der Waals surface area contributed by atoms with E-state index >= 15 is 0 Å². The molecule has 8 heteroatoms. The molecule has 3 aromatic carbocycles. The number of hydrogen-bond donors (Lipinski definition) is 1. The number of nitrogens with zero attached hydrogens (tertiary/aromatic N) is 1. The molecule has 0 aliphatic carbocycles. The van der Waals surface area contributed by atoms with Crippen molar-refractivity contribution < 1.29 is 13.2 Å². The van der Waals surface area contributed by atoms with Crippen molar-refractivity contribution in [2.24, 2.45) is 0 Å². The van der Waals surface area contributed by atoms with Crippen molar-refractivity contribution in [1.29, 1.82) is 0 Å². The van der Waals surface area contributed by atoms with Crippen molar-refractivity contribution in [2.45, 2.75) is 38.0 Å². The second-order valence-corrected chi connectivity index (χ2v) is 11.7. The van der Waals surface area contributed by atoms with Crippen LogP contribution in [0, 0.1) is 0 Å². The molecule has 0 fully saturated rings. The van der Waals surface area contributed by atoms with Crippen LogP contribution < -0.4 is 5.32 Å². The van der Waals surface area contributed by atoms with Crippen molar-refractivity contribution in [3.8, 4) is 0 Å². The fraction of sp³-hybridized carbons (Fsp3) is 0.269. The molecule has 0 aromatic heterocycles. The maximum absolute atomic E-state index is 13.5. The van der Waals surface area contributed by atoms with E-state index in [1.165, 1.54) is 4.31 Å². The summed E-state index contributed by atoms with van der Waals surface area (Å²) in [5.74, 6) is -0.361. The zero-order valence-corrected chi connectivity index (χ0v) is 23.2. The van der Waals surface area contributed by atoms with Gasteiger partial charge in [0.05, 0.1) is 11.4 Å². The smallest absolute Gasteiger partial charge is 0.243 e. The molecule has 0 bridgehead atoms. The lowest BCUT2D eigenvalue weighted by Gasteiger charge is -2.23. The van der Waals surface area contributed by atoms with Gasteiger partial charge in [0.1, 0.15) is 0 Å². The van der Waals surface area contributed by atoms with Crippen molar-refractivity contribution in [3.05, 3.63) is 92.4 Å². The van der Waals surface area contributed by atoms with E-state index in [0.29, 0.717) is 6.42 Å². The Labute approximate surface area is 218 Å². The van der Waals surface area contributed by atoms with Gasteiger partial charge in [0.15, 0.2) is 0 Å². The lowest BCUT2D eigenvalue weighted by Crippen LogP contribution is -2.39. The van der Waals surface area contributed by atoms with Crippen molar-refractivity contribution in [3.63, 3.8) is 0 Å². The summed E-state index contributed by atoms with van der Waals surface area (Å²) < 4.78 is 29.9. The van der Waals surface area contributed by atoms with Crippen LogP contribution in [0.4, 0.5) is 5.69 Å². The number of benzene rings is 3. The maximum Gasteiger partial charge on any atom is 0.243 e. The third-order valence-electron chi connectivity index (χ3n) is 5.56. The van der Waals surface area contributed by atoms with Crippen LogP contribution >= 0.6 is 31.9 Å². The molecule has 0 saturated heterocycles. The Hall–Kier alpha value is -2.00. The standard InChI is InChI=1S/C26H28Br2N2O3S/c1-3-20-16-23(28)17-21(4-2)26(20)29-25(31)18-30(15-14-19-8-6-5-7-9-19)34(32,33)24-12-10-22(27)11-13-24/h5-13,16-17H,3-4,14-15,18H2,1-2H3,(H,29,31). The molecule has 1 N–H and O–H groups in total. The van der Waals surface area contributed by atoms with Gasteiger partial charge in [0, 0.05) is 21.2 Å². The van der Waals surface area contributed by atoms with Crippen LogP contribution in [0.25, 0.3) is 0 Å². The number of rotatable bonds is 10. The first-order valence-electron chi connectivity index (χ1n) is 11.1. The van der Waals surface area contributed by atoms with Gasteiger partial charge < -0.3 is 5.32 Å². The van der Waals surface area contributed by atoms with Gasteiger partial charge in [-0.3, -0.25) is 4.79 Å². The highest BCUT2D eigenvalue weighted by Crippen LogP contribution is 2.28. The van der Waals surface area contributed by atoms with E-state index in [9.17, 15) is 13.2 Å². The van der Waals surface area contributed by atoms with E-state index in [1.54, 1.807) is 24.3 Å². The van der Waals surface area contributed by atoms with Gasteiger partial charge >= 0.3 is 0 Å². The summed E-state index contributed by atoms with van der Waals surface area (Å²) in [6.45, 7) is 3.98. The minimum atomic E-state index is -3.87. The van der Waals surface area contributed by atoms with Crippen LogP contribution in [-0.4, -0.2) is 31.7 Å². The van der Waals surface area contributed by atoms with Crippen molar-refractivity contribution in [2.75, 3.05) is 18.4 Å². The third kappa shape index (κ3) is 6.78. The minimum absolute atomic E-state index is 0.156. The maximum atomic E-state index is 13.5. The monoisotopic (exact) mass is 606 g/mol. The van der Waals surface area contributed by atoms with E-state index in [2.05, 4.69) is 37.2 Å². The first-order valence-corrected chi connectivity index (χ1v) is 14.2. The predicted octanol–water partition coefficient (Wildman–Crippen LogP) is 6.21. The summed E-state index contributed by atoms with van der Waals surface area (Å²) in [4.78, 5) is 13.3. The Morgan fingerprint density at radius 2 is 1.47 bits per heavy atom. The molecule has 5 nitrogen and oxygen atoms in total. The fourth-order valence-corrected chi connectivity index (χ4v) is 5.93. The summed E-state index contributed by atoms with van der Waals surface area (Å²) in [5.41, 5.74) is 3.79. The van der Waals surface area contributed by atoms with Gasteiger partial charge in [-0.25, -0.2) is 8.42 Å². The van der Waals surface area contributed by atoms with Crippen LogP contribution in [-0.2, 0) is 34.1 Å². The summed E-state index contributed by atoms with van der Waals surface area (Å²) in [6.07, 6.45) is 2.00. The molecule has 180 valence electrons. The number of hydrogen-bond acceptors (Lipinski definition) is 3. The lowest BCUT2D eigenvalue weighted by molar-refractivity contribution is -0.116. The zero-order chi connectivity index (χ0) is 24.7. The highest BCUT2D eigenvalue weighted by atomic mass is 79.9. The van der Waals surface area contributed by atoms with Gasteiger partial charge in [-0.15, -0.1) is 0 Å². The van der Waals surface area contributed by atoms with Crippen LogP contribution in [0.1, 0.15) is 30.5 Å². The number of amides is 1. The average molecular weight is 608 g/mol. The van der Waals surface area contributed by atoms with Gasteiger partial charge in [-0.1, -0.05) is 76.0 Å². The third-order valence-corrected chi connectivity index (χ3v) is 8.40. The van der Waals surface area contributed by atoms with Gasteiger partial charge in [-0.2, -0.15) is 4.31 Å². The summed E-state index contributed by atoms with van der Waals surface area (Å²) in [6, 6.07) is 20.1. The summed E-state index contributed by atoms with van der Waals surface area (Å²) in [5, 5.41) is 3.00. The summed E-state index contributed by atoms with van der Waals surface area (Å²) in [7, 11) is -3.87. The Morgan fingerprint density at radius 1 is 0.882 bits per heavy atom. The molecule has 0 spiro atoms. The molecular weight excluding hydrogens is 580 g/mol. The molecule has 0 atom stereocenters. The second-order valence-electron chi connectivity index (χ2n) is 7.88. The highest BCUT2D eigenvalue weighted by molar-refractivity contribution is 9.10. The Kier molecular flexibility index (Phi) is 9.47. The average Bonchev–Trinajstić information content (AvgIpc) is 2.83. The van der Waals surface area contributed by atoms with Crippen molar-refractivity contribution in [1.82, 2.24) is 4.31 Å². The van der Waals surface area contributed by atoms with Crippen LogP contribution in [0.15, 0.2) is 80.6 Å². The second kappa shape index (κ2) is 12.1. The zero-order valence-electron chi connectivity index (χ0n) is 19.2. The number of halogens is 2. The first-order chi connectivity index (χ1) is 16.2. The van der Waals surface area contributed by atoms with E-state index in [-0.39, 0.29) is 23.9 Å². The molecule has 0 aliphatic heterocycles. The SMILES string of the molecule is CCc1cc(Br)cc(CC)c1NC(=O)CN(CCc1ccccc1)S(=O)(=O)c1ccc(Br)cc1. The minimum Gasteiger partial charge on any atom is -0.324 e. The molecular formula is C26H28Br2N2O3S. The van der Waals surface area contributed by atoms with Crippen LogP contribution in [0.5, 0.6) is 0 Å². The largest absolute Gasteiger partial charge is 0.324 e. The van der Waals surface area contributed by atoms with Crippen LogP contribution in [0.2, 0.25) is 0 Å². The number of aryl methyl sites for hydroxylation is 2. The number of nitrogens with one attached hydrogen (secondary N) is 1. The Morgan fingerprint density at radius 3 is 2.03 bits per heavy atom. The van der Waals surface area contributed by atoms with E-state index in [0.717, 1.165) is 44.2 Å². The Bertz CT molecular complexity index is 1210. The molecule has 0 radical (unpaired) electrons. The molecule has 3 aromatic rings. The number of carbonyl (C=O) groups is 1. The van der Waals surface area contributed by atoms with Gasteiger partial charge in [-0.05, 0) is 72.4 Å². The molecule has 3 rings (SSSR count). The Balaban J connectivity index is 1.88. The quantitative estimate of drug-likeness (QED) is 0.298. The van der Waals surface area contributed by atoms with E-state index in [1.807, 2.05) is 56.3 Å². The molecule has 0 heterocycles. The van der Waals surface area contributed by atoms with E-state index < -0.39 is 10.0 Å². The first kappa shape index (κ1) is 26.6. The molecule has 0 aliphatic rings. The predicted molar refractivity (Wildman–Crippen MR) is 145 cm³/mol. The summed E-state index contributed by atoms with van der Waals surface area (Å²) >= 11 is 6.88. The topological polar surface area (TPSA) is 66.5 Å². The number of sulfonamides is 1. The molecule has 34 heavy (non-hydrogen) atoms. The normalized spacial score (nSPS) is 11.6. The fourth-order valence-electron chi connectivity index (χ4n) is 3.72. The van der Waals surface area contributed by atoms with E-state index in [4.69, 9.17) is 0 Å². The number of anilines is 1. The van der Waals surface area contributed by atoms with Crippen LogP contribution in [0.3, 0.4) is 0 Å². The molecule has 1 amide bonds. The van der Waals surface area contributed by atoms with Gasteiger partial charge in [0.25, 0.3) is 0 Å². The van der Waals surface area contributed by atoms with Crippen molar-refractivity contribution >= 4 is 53.5 Å². The highest BCUT2D eigenvalue weighted by Gasteiger charge is 2.27. The molecule has 0 saturated carbocycles.